The topological polar surface area (TPSA) is 23.6 Å². The molecule has 1 amide bonds. The van der Waals surface area contributed by atoms with Gasteiger partial charge in [0.15, 0.2) is 0 Å². The molecule has 14 heavy (non-hydrogen) atoms. The Morgan fingerprint density at radius 1 is 1.21 bits per heavy atom. The summed E-state index contributed by atoms with van der Waals surface area (Å²) in [6.07, 6.45) is 1.11. The maximum atomic E-state index is 11.0. The van der Waals surface area contributed by atoms with Gasteiger partial charge in [0.25, 0.3) is 0 Å². The van der Waals surface area contributed by atoms with Crippen molar-refractivity contribution in [2.24, 2.45) is 0 Å². The van der Waals surface area contributed by atoms with Crippen LogP contribution >= 0.6 is 40.0 Å². The van der Waals surface area contributed by atoms with Crippen LogP contribution in [0.1, 0.15) is 13.3 Å². The Bertz CT molecular complexity index is 171. The van der Waals surface area contributed by atoms with Crippen LogP contribution in [0.4, 0.5) is 0 Å². The average molecular weight is 461 g/mol. The molecule has 1 aliphatic rings. The van der Waals surface area contributed by atoms with Crippen molar-refractivity contribution < 1.29 is 14.3 Å². The van der Waals surface area contributed by atoms with Crippen molar-refractivity contribution in [3.8, 4) is 0 Å². The number of carbonyl (C=O) groups excluding carboxylic acids is 1. The van der Waals surface area contributed by atoms with E-state index in [9.17, 15) is 4.79 Å². The first kappa shape index (κ1) is 15.5. The van der Waals surface area contributed by atoms with Gasteiger partial charge in [0, 0.05) is 26.6 Å². The van der Waals surface area contributed by atoms with E-state index < -0.39 is 0 Å². The van der Waals surface area contributed by atoms with E-state index in [1.165, 1.54) is 0 Å². The van der Waals surface area contributed by atoms with Crippen LogP contribution in [0.2, 0.25) is 0 Å². The molecule has 1 aliphatic heterocycles. The first-order chi connectivity index (χ1) is 6.61. The summed E-state index contributed by atoms with van der Waals surface area (Å²) in [5.41, 5.74) is 0. The predicted octanol–water partition coefficient (Wildman–Crippen LogP) is 1.94. The Morgan fingerprint density at radius 3 is 2.29 bits per heavy atom. The van der Waals surface area contributed by atoms with E-state index in [2.05, 4.69) is 51.9 Å². The van der Waals surface area contributed by atoms with Crippen LogP contribution in [-0.2, 0) is 14.3 Å². The van der Waals surface area contributed by atoms with Gasteiger partial charge in [-0.15, -0.1) is 0 Å². The van der Waals surface area contributed by atoms with Crippen molar-refractivity contribution in [3.63, 3.8) is 0 Å². The molecule has 1 saturated heterocycles. The molecule has 0 aliphatic carbocycles. The van der Waals surface area contributed by atoms with Crippen LogP contribution in [0.25, 0.3) is 0 Å². The van der Waals surface area contributed by atoms with Gasteiger partial charge in [-0.2, -0.15) is 0 Å². The third kappa shape index (κ3) is 7.73. The van der Waals surface area contributed by atoms with Gasteiger partial charge in [0.2, 0.25) is 5.91 Å². The van der Waals surface area contributed by atoms with E-state index in [1.54, 1.807) is 6.92 Å². The molecule has 1 heterocycles. The summed E-state index contributed by atoms with van der Waals surface area (Å²) in [6, 6.07) is 0. The number of amides is 1. The van der Waals surface area contributed by atoms with Crippen molar-refractivity contribution in [1.82, 2.24) is 9.80 Å². The number of likely N-dealkylation sites (N-methyl/N-ethyl adjacent to an activating group) is 1. The Hall–Kier alpha value is 1.47. The molecule has 0 N–H and O–H groups in total. The van der Waals surface area contributed by atoms with Gasteiger partial charge in [0.1, 0.15) is 0 Å². The van der Waals surface area contributed by atoms with E-state index in [0.29, 0.717) is 9.47 Å². The number of rotatable bonds is 0. The van der Waals surface area contributed by atoms with Gasteiger partial charge in [-0.25, -0.2) is 0 Å². The molecule has 0 aromatic heterocycles. The van der Waals surface area contributed by atoms with E-state index in [4.69, 9.17) is 0 Å². The van der Waals surface area contributed by atoms with Crippen LogP contribution in [0.5, 0.6) is 0 Å². The predicted molar refractivity (Wildman–Crippen MR) is 72.4 cm³/mol. The standard InChI is InChI=1S/C8H16N2O.2HI.V/c1-8(11)10-5-3-4-9(2)6-7-10;;;/h3-7H2,1-2H3;2*1H;/q;;;+2/p-2. The van der Waals surface area contributed by atoms with Gasteiger partial charge in [-0.05, 0) is 20.0 Å². The number of carbonyl (C=O) groups is 1. The zero-order valence-corrected chi connectivity index (χ0v) is 14.3. The molecule has 1 fully saturated rings. The second-order valence-electron chi connectivity index (χ2n) is 3.23. The summed E-state index contributed by atoms with van der Waals surface area (Å²) in [5.74, 6) is 0.209. The summed E-state index contributed by atoms with van der Waals surface area (Å²) in [7, 11) is 2.73. The first-order valence-electron chi connectivity index (χ1n) is 4.48. The van der Waals surface area contributed by atoms with E-state index in [1.807, 2.05) is 4.90 Å². The van der Waals surface area contributed by atoms with E-state index in [-0.39, 0.29) is 5.91 Å². The second-order valence-corrected chi connectivity index (χ2v) is 15.0. The quantitative estimate of drug-likeness (QED) is 0.516. The molecule has 1 rings (SSSR count). The molecule has 83 valence electrons. The first-order valence-corrected chi connectivity index (χ1v) is 13.5. The summed E-state index contributed by atoms with van der Waals surface area (Å²) < 4.78 is 0. The van der Waals surface area contributed by atoms with Crippen molar-refractivity contribution in [3.05, 3.63) is 0 Å². The van der Waals surface area contributed by atoms with Crippen molar-refractivity contribution in [2.45, 2.75) is 13.3 Å². The van der Waals surface area contributed by atoms with E-state index >= 15 is 0 Å². The fourth-order valence-corrected chi connectivity index (χ4v) is 1.36. The van der Waals surface area contributed by atoms with Gasteiger partial charge in [-0.3, -0.25) is 4.79 Å². The minimum atomic E-state index is 0.209. The maximum absolute atomic E-state index is 11.0. The molecule has 6 heteroatoms. The number of nitrogens with zero attached hydrogens (tertiary/aromatic N) is 2. The molecule has 3 nitrogen and oxygen atoms in total. The van der Waals surface area contributed by atoms with Crippen LogP contribution in [-0.4, -0.2) is 48.9 Å². The third-order valence-electron chi connectivity index (χ3n) is 2.16. The van der Waals surface area contributed by atoms with Crippen LogP contribution < -0.4 is 0 Å². The van der Waals surface area contributed by atoms with Crippen LogP contribution in [0.15, 0.2) is 0 Å². The molecule has 0 saturated carbocycles. The Kier molecular flexibility index (Phi) is 10.7. The Balaban J connectivity index is 0.000000500. The second kappa shape index (κ2) is 9.68. The summed E-state index contributed by atoms with van der Waals surface area (Å²) in [5, 5.41) is 0. The molecule has 0 unspecified atom stereocenters. The molecule has 0 aromatic carbocycles. The van der Waals surface area contributed by atoms with E-state index in [0.717, 1.165) is 32.6 Å². The number of hydrogen-bond acceptors (Lipinski definition) is 2. The molecule has 0 aromatic rings. The molecule has 0 atom stereocenters. The van der Waals surface area contributed by atoms with Crippen molar-refractivity contribution in [2.75, 3.05) is 33.2 Å². The van der Waals surface area contributed by atoms with Crippen LogP contribution in [0.3, 0.4) is 0 Å². The Labute approximate surface area is 115 Å². The van der Waals surface area contributed by atoms with Crippen molar-refractivity contribution in [1.29, 1.82) is 0 Å². The summed E-state index contributed by atoms with van der Waals surface area (Å²) in [4.78, 5) is 15.2. The minimum absolute atomic E-state index is 0.209. The zero-order valence-electron chi connectivity index (χ0n) is 8.54. The average Bonchev–Trinajstić information content (AvgIpc) is 2.31. The fourth-order valence-electron chi connectivity index (χ4n) is 1.36. The molecular weight excluding hydrogens is 445 g/mol. The fraction of sp³-hybridized carbons (Fsp3) is 0.875. The molecular formula is C8H16I2N2OV. The molecule has 0 spiro atoms. The zero-order chi connectivity index (χ0) is 11.0. The summed E-state index contributed by atoms with van der Waals surface area (Å²) >= 11 is 4.74. The Morgan fingerprint density at radius 2 is 1.79 bits per heavy atom. The number of halogens is 2. The molecule has 0 radical (unpaired) electrons. The van der Waals surface area contributed by atoms with Gasteiger partial charge >= 0.3 is 49.4 Å². The number of hydrogen-bond donors (Lipinski definition) is 0. The normalized spacial score (nSPS) is 17.9. The summed E-state index contributed by atoms with van der Waals surface area (Å²) in [6.45, 7) is 5.60. The van der Waals surface area contributed by atoms with Gasteiger partial charge < -0.3 is 9.80 Å². The van der Waals surface area contributed by atoms with Crippen LogP contribution in [0, 0.1) is 0 Å². The van der Waals surface area contributed by atoms with Crippen molar-refractivity contribution >= 4 is 45.9 Å². The van der Waals surface area contributed by atoms with Gasteiger partial charge in [0.05, 0.1) is 0 Å². The third-order valence-corrected chi connectivity index (χ3v) is 2.16. The molecule has 0 bridgehead atoms. The van der Waals surface area contributed by atoms with Gasteiger partial charge in [-0.1, -0.05) is 0 Å². The monoisotopic (exact) mass is 461 g/mol. The SMILES string of the molecule is CC(=O)N1CCCN(C)CC1.[I][V][I].